The van der Waals surface area contributed by atoms with Crippen molar-refractivity contribution in [3.05, 3.63) is 95.3 Å². The molecule has 0 spiro atoms. The molecule has 0 bridgehead atoms. The Morgan fingerprint density at radius 2 is 1.54 bits per heavy atom. The van der Waals surface area contributed by atoms with Gasteiger partial charge in [0.15, 0.2) is 0 Å². The number of nitrogens with zero attached hydrogens (tertiary/aromatic N) is 2. The first kappa shape index (κ1) is 29.8. The van der Waals surface area contributed by atoms with E-state index in [-0.39, 0.29) is 23.4 Å². The van der Waals surface area contributed by atoms with Crippen LogP contribution in [0, 0.1) is 19.7 Å². The average Bonchev–Trinajstić information content (AvgIpc) is 2.91. The maximum atomic E-state index is 13.9. The number of rotatable bonds is 11. The van der Waals surface area contributed by atoms with Gasteiger partial charge in [-0.25, -0.2) is 12.8 Å². The molecule has 0 aliphatic rings. The lowest BCUT2D eigenvalue weighted by atomic mass is 10.1. The van der Waals surface area contributed by atoms with E-state index in [1.165, 1.54) is 41.3 Å². The zero-order chi connectivity index (χ0) is 28.7. The van der Waals surface area contributed by atoms with Crippen molar-refractivity contribution in [2.24, 2.45) is 0 Å². The van der Waals surface area contributed by atoms with Gasteiger partial charge in [0.2, 0.25) is 11.8 Å². The maximum absolute atomic E-state index is 13.9. The average molecular weight is 554 g/mol. The molecule has 3 aromatic carbocycles. The van der Waals surface area contributed by atoms with E-state index < -0.39 is 34.3 Å². The molecule has 0 heterocycles. The van der Waals surface area contributed by atoms with E-state index in [0.29, 0.717) is 23.2 Å². The highest BCUT2D eigenvalue weighted by Gasteiger charge is 2.33. The highest BCUT2D eigenvalue weighted by atomic mass is 32.2. The van der Waals surface area contributed by atoms with Crippen molar-refractivity contribution < 1.29 is 22.4 Å². The third-order valence-electron chi connectivity index (χ3n) is 6.71. The van der Waals surface area contributed by atoms with Gasteiger partial charge >= 0.3 is 0 Å². The van der Waals surface area contributed by atoms with E-state index in [0.717, 1.165) is 9.87 Å². The number of para-hydroxylation sites is 1. The molecule has 0 saturated carbocycles. The fraction of sp³-hybridized carbons (Fsp3) is 0.333. The van der Waals surface area contributed by atoms with Crippen molar-refractivity contribution in [1.29, 1.82) is 0 Å². The van der Waals surface area contributed by atoms with Gasteiger partial charge in [0.05, 0.1) is 10.6 Å². The molecule has 9 heteroatoms. The topological polar surface area (TPSA) is 86.8 Å². The van der Waals surface area contributed by atoms with Crippen LogP contribution in [0.5, 0.6) is 0 Å². The van der Waals surface area contributed by atoms with Crippen molar-refractivity contribution in [2.45, 2.75) is 64.6 Å². The SMILES string of the molecule is CCC(C)NC(=O)C(C)N(Cc1ccc(F)cc1)C(=O)CN(c1ccccc1C)S(=O)(=O)c1ccc(C)cc1. The molecule has 0 aliphatic carbocycles. The van der Waals surface area contributed by atoms with E-state index in [4.69, 9.17) is 0 Å². The highest BCUT2D eigenvalue weighted by molar-refractivity contribution is 7.92. The Kier molecular flexibility index (Phi) is 9.86. The summed E-state index contributed by atoms with van der Waals surface area (Å²) in [6, 6.07) is 18.0. The molecule has 208 valence electrons. The second-order valence-corrected chi connectivity index (χ2v) is 11.6. The van der Waals surface area contributed by atoms with Gasteiger partial charge in [0.25, 0.3) is 10.0 Å². The first-order chi connectivity index (χ1) is 18.4. The summed E-state index contributed by atoms with van der Waals surface area (Å²) < 4.78 is 42.4. The maximum Gasteiger partial charge on any atom is 0.264 e. The lowest BCUT2D eigenvalue weighted by Crippen LogP contribution is -2.52. The quantitative estimate of drug-likeness (QED) is 0.363. The Morgan fingerprint density at radius 3 is 2.13 bits per heavy atom. The summed E-state index contributed by atoms with van der Waals surface area (Å²) in [7, 11) is -4.13. The minimum absolute atomic E-state index is 0.000394. The van der Waals surface area contributed by atoms with Crippen molar-refractivity contribution >= 4 is 27.5 Å². The molecule has 1 N–H and O–H groups in total. The van der Waals surface area contributed by atoms with Crippen LogP contribution in [0.15, 0.2) is 77.7 Å². The van der Waals surface area contributed by atoms with E-state index >= 15 is 0 Å². The molecule has 2 atom stereocenters. The minimum Gasteiger partial charge on any atom is -0.352 e. The van der Waals surface area contributed by atoms with Crippen LogP contribution in [-0.2, 0) is 26.2 Å². The fourth-order valence-corrected chi connectivity index (χ4v) is 5.51. The highest BCUT2D eigenvalue weighted by Crippen LogP contribution is 2.27. The molecule has 0 saturated heterocycles. The summed E-state index contributed by atoms with van der Waals surface area (Å²) in [6.07, 6.45) is 0.709. The summed E-state index contributed by atoms with van der Waals surface area (Å²) in [6.45, 7) is 8.52. The van der Waals surface area contributed by atoms with Gasteiger partial charge < -0.3 is 10.2 Å². The number of carbonyl (C=O) groups is 2. The second kappa shape index (κ2) is 12.9. The van der Waals surface area contributed by atoms with Crippen LogP contribution in [0.4, 0.5) is 10.1 Å². The van der Waals surface area contributed by atoms with E-state index in [2.05, 4.69) is 5.32 Å². The van der Waals surface area contributed by atoms with Crippen LogP contribution in [0.2, 0.25) is 0 Å². The molecule has 2 unspecified atom stereocenters. The standard InChI is InChI=1S/C30H36FN3O4S/c1-6-23(4)32-30(36)24(5)33(19-25-13-15-26(31)16-14-25)29(35)20-34(28-10-8-7-9-22(28)3)39(37,38)27-17-11-21(2)12-18-27/h7-18,23-24H,6,19-20H2,1-5H3,(H,32,36). The minimum atomic E-state index is -4.13. The number of hydrogen-bond acceptors (Lipinski definition) is 4. The number of carbonyl (C=O) groups excluding carboxylic acids is 2. The number of anilines is 1. The Hall–Kier alpha value is -3.72. The molecule has 0 aromatic heterocycles. The Balaban J connectivity index is 2.03. The normalized spacial score (nSPS) is 12.9. The van der Waals surface area contributed by atoms with E-state index in [1.54, 1.807) is 50.2 Å². The van der Waals surface area contributed by atoms with Crippen molar-refractivity contribution in [2.75, 3.05) is 10.8 Å². The van der Waals surface area contributed by atoms with Gasteiger partial charge in [-0.2, -0.15) is 0 Å². The van der Waals surface area contributed by atoms with Crippen LogP contribution >= 0.6 is 0 Å². The summed E-state index contributed by atoms with van der Waals surface area (Å²) in [5.41, 5.74) is 2.55. The van der Waals surface area contributed by atoms with Crippen LogP contribution < -0.4 is 9.62 Å². The molecule has 3 aromatic rings. The van der Waals surface area contributed by atoms with Gasteiger partial charge in [-0.05, 0) is 75.6 Å². The van der Waals surface area contributed by atoms with Crippen LogP contribution in [-0.4, -0.2) is 43.8 Å². The number of aryl methyl sites for hydroxylation is 2. The zero-order valence-electron chi connectivity index (χ0n) is 23.0. The summed E-state index contributed by atoms with van der Waals surface area (Å²) in [4.78, 5) is 28.4. The predicted octanol–water partition coefficient (Wildman–Crippen LogP) is 4.97. The van der Waals surface area contributed by atoms with Gasteiger partial charge in [0.1, 0.15) is 18.4 Å². The van der Waals surface area contributed by atoms with Gasteiger partial charge in [0, 0.05) is 12.6 Å². The number of sulfonamides is 1. The Labute approximate surface area is 230 Å². The van der Waals surface area contributed by atoms with Crippen LogP contribution in [0.25, 0.3) is 0 Å². The largest absolute Gasteiger partial charge is 0.352 e. The number of halogens is 1. The molecule has 3 rings (SSSR count). The second-order valence-electron chi connectivity index (χ2n) is 9.75. The van der Waals surface area contributed by atoms with Gasteiger partial charge in [-0.15, -0.1) is 0 Å². The van der Waals surface area contributed by atoms with Crippen molar-refractivity contribution in [1.82, 2.24) is 10.2 Å². The third-order valence-corrected chi connectivity index (χ3v) is 8.48. The molecule has 0 fully saturated rings. The van der Waals surface area contributed by atoms with E-state index in [1.807, 2.05) is 20.8 Å². The molecule has 2 amide bonds. The third kappa shape index (κ3) is 7.44. The number of hydrogen-bond donors (Lipinski definition) is 1. The number of nitrogens with one attached hydrogen (secondary N) is 1. The Morgan fingerprint density at radius 1 is 0.923 bits per heavy atom. The zero-order valence-corrected chi connectivity index (χ0v) is 23.8. The van der Waals surface area contributed by atoms with Gasteiger partial charge in [-0.1, -0.05) is 55.0 Å². The summed E-state index contributed by atoms with van der Waals surface area (Å²) >= 11 is 0. The monoisotopic (exact) mass is 553 g/mol. The van der Waals surface area contributed by atoms with Gasteiger partial charge in [-0.3, -0.25) is 13.9 Å². The Bertz CT molecular complexity index is 1390. The molecule has 7 nitrogen and oxygen atoms in total. The molecular weight excluding hydrogens is 517 g/mol. The van der Waals surface area contributed by atoms with Crippen LogP contribution in [0.3, 0.4) is 0 Å². The molecule has 0 radical (unpaired) electrons. The van der Waals surface area contributed by atoms with Crippen molar-refractivity contribution in [3.63, 3.8) is 0 Å². The van der Waals surface area contributed by atoms with Crippen molar-refractivity contribution in [3.8, 4) is 0 Å². The lowest BCUT2D eigenvalue weighted by Gasteiger charge is -2.33. The van der Waals surface area contributed by atoms with E-state index in [9.17, 15) is 22.4 Å². The van der Waals surface area contributed by atoms with Crippen LogP contribution in [0.1, 0.15) is 43.9 Å². The summed E-state index contributed by atoms with van der Waals surface area (Å²) in [5.74, 6) is -1.34. The first-order valence-corrected chi connectivity index (χ1v) is 14.4. The number of benzene rings is 3. The lowest BCUT2D eigenvalue weighted by molar-refractivity contribution is -0.139. The molecule has 0 aliphatic heterocycles. The number of amides is 2. The molecular formula is C30H36FN3O4S. The molecule has 39 heavy (non-hydrogen) atoms. The smallest absolute Gasteiger partial charge is 0.264 e. The predicted molar refractivity (Wildman–Crippen MR) is 151 cm³/mol. The fourth-order valence-electron chi connectivity index (χ4n) is 4.03. The summed E-state index contributed by atoms with van der Waals surface area (Å²) in [5, 5.41) is 2.89. The first-order valence-electron chi connectivity index (χ1n) is 12.9.